The maximum Gasteiger partial charge on any atom is 0.435 e. The van der Waals surface area contributed by atoms with Crippen LogP contribution in [0.25, 0.3) is 28.1 Å². The molecule has 2 N–H and O–H groups in total. The lowest BCUT2D eigenvalue weighted by Gasteiger charge is -2.08. The first kappa shape index (κ1) is 22.3. The fourth-order valence-corrected chi connectivity index (χ4v) is 2.96. The summed E-state index contributed by atoms with van der Waals surface area (Å²) < 4.78 is 58.6. The second-order valence-corrected chi connectivity index (χ2v) is 6.96. The second kappa shape index (κ2) is 9.59. The van der Waals surface area contributed by atoms with Gasteiger partial charge in [0.05, 0.1) is 11.4 Å². The number of aromatic nitrogens is 2. The summed E-state index contributed by atoms with van der Waals surface area (Å²) in [6.45, 7) is 0. The van der Waals surface area contributed by atoms with Crippen molar-refractivity contribution in [1.82, 2.24) is 9.78 Å². The molecule has 0 radical (unpaired) electrons. The minimum Gasteiger partial charge on any atom is -0.233 e. The number of para-hydroxylation sites is 1. The van der Waals surface area contributed by atoms with Crippen LogP contribution in [0.2, 0.25) is 0 Å². The van der Waals surface area contributed by atoms with Gasteiger partial charge in [-0.3, -0.25) is 0 Å². The van der Waals surface area contributed by atoms with Gasteiger partial charge in [0.25, 0.3) is 0 Å². The van der Waals surface area contributed by atoms with Gasteiger partial charge in [-0.1, -0.05) is 72.8 Å². The number of hydrogen-bond acceptors (Lipinski definition) is 3. The summed E-state index contributed by atoms with van der Waals surface area (Å²) in [6.07, 6.45) is -4.50. The largest absolute Gasteiger partial charge is 0.435 e. The molecule has 0 aliphatic rings. The van der Waals surface area contributed by atoms with E-state index < -0.39 is 22.8 Å². The highest BCUT2D eigenvalue weighted by atomic mass is 32.2. The van der Waals surface area contributed by atoms with Crippen LogP contribution < -0.4 is 5.14 Å². The number of benzene rings is 3. The Hall–Kier alpha value is -3.43. The van der Waals surface area contributed by atoms with Gasteiger partial charge in [-0.25, -0.2) is 18.2 Å². The predicted octanol–water partition coefficient (Wildman–Crippen LogP) is 4.70. The number of hydrogen-bond donors (Lipinski definition) is 2. The standard InChI is InChI=1S/C22H15F3N2.H3NO2S/c23-22(24,25)21-15-20(27(26-21)19-9-5-2-6-10-19)18-13-11-17(12-14-18)16-7-3-1-4-8-16;1-4(2)3/h1-15H;4H,(H2,1,2,3). The smallest absolute Gasteiger partial charge is 0.233 e. The molecule has 0 saturated heterocycles. The summed E-state index contributed by atoms with van der Waals surface area (Å²) in [6, 6.07) is 27.2. The third kappa shape index (κ3) is 5.80. The van der Waals surface area contributed by atoms with E-state index in [1.165, 1.54) is 4.68 Å². The fourth-order valence-electron chi connectivity index (χ4n) is 2.96. The number of thiol groups is 1. The maximum atomic E-state index is 13.2. The molecule has 4 aromatic rings. The molecule has 31 heavy (non-hydrogen) atoms. The topological polar surface area (TPSA) is 78.0 Å². The third-order valence-electron chi connectivity index (χ3n) is 4.29. The molecule has 0 bridgehead atoms. The summed E-state index contributed by atoms with van der Waals surface area (Å²) >= 11 is 0. The molecular formula is C22H18F3N3O2S. The predicted molar refractivity (Wildman–Crippen MR) is 114 cm³/mol. The van der Waals surface area contributed by atoms with E-state index in [9.17, 15) is 13.2 Å². The van der Waals surface area contributed by atoms with Crippen LogP contribution in [-0.2, 0) is 17.1 Å². The minimum atomic E-state index is -4.50. The molecule has 0 unspecified atom stereocenters. The fraction of sp³-hybridized carbons (Fsp3) is 0.0455. The Morgan fingerprint density at radius 3 is 1.71 bits per heavy atom. The molecule has 0 fully saturated rings. The zero-order chi connectivity index (χ0) is 22.4. The van der Waals surface area contributed by atoms with Crippen molar-refractivity contribution in [3.8, 4) is 28.1 Å². The number of nitrogens with zero attached hydrogens (tertiary/aromatic N) is 2. The van der Waals surface area contributed by atoms with Crippen LogP contribution in [-0.4, -0.2) is 18.2 Å². The SMILES string of the molecule is FC(F)(F)c1cc(-c2ccc(-c3ccccc3)cc2)n(-c2ccccc2)n1.N[SH](=O)=O. The van der Waals surface area contributed by atoms with Gasteiger partial charge in [0.1, 0.15) is 0 Å². The van der Waals surface area contributed by atoms with E-state index in [1.807, 2.05) is 60.7 Å². The number of nitrogens with two attached hydrogens (primary N) is 1. The van der Waals surface area contributed by atoms with Crippen LogP contribution in [0.15, 0.2) is 91.0 Å². The van der Waals surface area contributed by atoms with E-state index in [2.05, 4.69) is 10.2 Å². The zero-order valence-electron chi connectivity index (χ0n) is 16.0. The van der Waals surface area contributed by atoms with E-state index in [1.54, 1.807) is 24.3 Å². The van der Waals surface area contributed by atoms with Gasteiger partial charge >= 0.3 is 6.18 Å². The van der Waals surface area contributed by atoms with Gasteiger partial charge in [-0.2, -0.15) is 18.3 Å². The highest BCUT2D eigenvalue weighted by Gasteiger charge is 2.35. The van der Waals surface area contributed by atoms with Crippen molar-refractivity contribution in [2.45, 2.75) is 6.18 Å². The van der Waals surface area contributed by atoms with Crippen LogP contribution in [0.4, 0.5) is 13.2 Å². The molecule has 3 aromatic carbocycles. The van der Waals surface area contributed by atoms with Crippen LogP contribution in [0, 0.1) is 0 Å². The molecule has 0 saturated carbocycles. The molecule has 9 heteroatoms. The Morgan fingerprint density at radius 1 is 0.742 bits per heavy atom. The molecule has 1 heterocycles. The van der Waals surface area contributed by atoms with Gasteiger partial charge in [0.2, 0.25) is 0 Å². The van der Waals surface area contributed by atoms with Crippen LogP contribution >= 0.6 is 0 Å². The Kier molecular flexibility index (Phi) is 6.88. The average Bonchev–Trinajstić information content (AvgIpc) is 3.21. The first-order valence-electron chi connectivity index (χ1n) is 9.03. The molecule has 160 valence electrons. The first-order chi connectivity index (χ1) is 14.8. The summed E-state index contributed by atoms with van der Waals surface area (Å²) in [5.74, 6) is 0. The third-order valence-corrected chi connectivity index (χ3v) is 4.29. The highest BCUT2D eigenvalue weighted by Crippen LogP contribution is 2.33. The van der Waals surface area contributed by atoms with Crippen LogP contribution in [0.1, 0.15) is 5.69 Å². The molecule has 0 amide bonds. The van der Waals surface area contributed by atoms with Crippen LogP contribution in [0.5, 0.6) is 0 Å². The Labute approximate surface area is 178 Å². The van der Waals surface area contributed by atoms with Crippen molar-refractivity contribution in [3.63, 3.8) is 0 Å². The lowest BCUT2D eigenvalue weighted by molar-refractivity contribution is -0.141. The van der Waals surface area contributed by atoms with Crippen molar-refractivity contribution in [2.24, 2.45) is 5.14 Å². The Bertz CT molecular complexity index is 1200. The number of alkyl halides is 3. The zero-order valence-corrected chi connectivity index (χ0v) is 16.9. The van der Waals surface area contributed by atoms with Gasteiger partial charge in [-0.05, 0) is 29.3 Å². The van der Waals surface area contributed by atoms with Crippen molar-refractivity contribution < 1.29 is 21.6 Å². The van der Waals surface area contributed by atoms with Crippen molar-refractivity contribution in [1.29, 1.82) is 0 Å². The molecule has 0 spiro atoms. The highest BCUT2D eigenvalue weighted by molar-refractivity contribution is 7.69. The molecule has 5 nitrogen and oxygen atoms in total. The quantitative estimate of drug-likeness (QED) is 0.449. The van der Waals surface area contributed by atoms with E-state index >= 15 is 0 Å². The average molecular weight is 445 g/mol. The van der Waals surface area contributed by atoms with E-state index in [4.69, 9.17) is 8.42 Å². The Balaban J connectivity index is 0.000000628. The van der Waals surface area contributed by atoms with Crippen molar-refractivity contribution >= 4 is 10.9 Å². The molecule has 4 rings (SSSR count). The van der Waals surface area contributed by atoms with E-state index in [0.717, 1.165) is 17.2 Å². The van der Waals surface area contributed by atoms with Gasteiger partial charge in [0.15, 0.2) is 16.6 Å². The van der Waals surface area contributed by atoms with E-state index in [-0.39, 0.29) is 0 Å². The molecular weight excluding hydrogens is 427 g/mol. The van der Waals surface area contributed by atoms with Crippen molar-refractivity contribution in [2.75, 3.05) is 0 Å². The number of halogens is 3. The Morgan fingerprint density at radius 2 is 1.19 bits per heavy atom. The van der Waals surface area contributed by atoms with Gasteiger partial charge in [-0.15, -0.1) is 0 Å². The van der Waals surface area contributed by atoms with Crippen LogP contribution in [0.3, 0.4) is 0 Å². The number of rotatable bonds is 3. The lowest BCUT2D eigenvalue weighted by atomic mass is 10.0. The maximum absolute atomic E-state index is 13.2. The second-order valence-electron chi connectivity index (χ2n) is 6.39. The van der Waals surface area contributed by atoms with Crippen molar-refractivity contribution in [3.05, 3.63) is 96.7 Å². The normalized spacial score (nSPS) is 11.1. The molecule has 0 aliphatic carbocycles. The summed E-state index contributed by atoms with van der Waals surface area (Å²) in [5.41, 5.74) is 2.79. The summed E-state index contributed by atoms with van der Waals surface area (Å²) in [7, 11) is -2.62. The monoisotopic (exact) mass is 445 g/mol. The summed E-state index contributed by atoms with van der Waals surface area (Å²) in [5, 5.41) is 7.87. The molecule has 1 aromatic heterocycles. The molecule has 0 aliphatic heterocycles. The lowest BCUT2D eigenvalue weighted by Crippen LogP contribution is -2.07. The summed E-state index contributed by atoms with van der Waals surface area (Å²) in [4.78, 5) is 0. The van der Waals surface area contributed by atoms with E-state index in [0.29, 0.717) is 16.9 Å². The minimum absolute atomic E-state index is 0.396. The first-order valence-corrected chi connectivity index (χ1v) is 10.3. The van der Waals surface area contributed by atoms with Gasteiger partial charge in [0, 0.05) is 5.56 Å². The molecule has 0 atom stereocenters. The van der Waals surface area contributed by atoms with Gasteiger partial charge < -0.3 is 0 Å².